The van der Waals surface area contributed by atoms with Crippen molar-refractivity contribution in [1.82, 2.24) is 0 Å². The van der Waals surface area contributed by atoms with Gasteiger partial charge in [0, 0.05) is 12.3 Å². The third-order valence-electron chi connectivity index (χ3n) is 2.65. The maximum absolute atomic E-state index is 10.2. The number of aliphatic hydroxyl groups is 1. The Morgan fingerprint density at radius 1 is 1.64 bits per heavy atom. The number of rotatable bonds is 5. The van der Waals surface area contributed by atoms with Crippen molar-refractivity contribution in [2.75, 3.05) is 12.3 Å². The summed E-state index contributed by atoms with van der Waals surface area (Å²) in [5, 5.41) is 12.3. The largest absolute Gasteiger partial charge is 0.387 e. The van der Waals surface area contributed by atoms with Gasteiger partial charge in [-0.1, -0.05) is 6.07 Å². The van der Waals surface area contributed by atoms with Crippen LogP contribution in [0.4, 0.5) is 0 Å². The van der Waals surface area contributed by atoms with E-state index in [4.69, 9.17) is 5.73 Å². The molecule has 0 spiro atoms. The minimum Gasteiger partial charge on any atom is -0.387 e. The van der Waals surface area contributed by atoms with Gasteiger partial charge >= 0.3 is 0 Å². The molecule has 1 aliphatic rings. The molecule has 1 saturated carbocycles. The highest BCUT2D eigenvalue weighted by molar-refractivity contribution is 8.01. The first-order valence-corrected chi connectivity index (χ1v) is 6.70. The van der Waals surface area contributed by atoms with Gasteiger partial charge in [-0.3, -0.25) is 0 Å². The lowest BCUT2D eigenvalue weighted by Gasteiger charge is -2.25. The average molecular weight is 229 g/mol. The Balaban J connectivity index is 1.89. The van der Waals surface area contributed by atoms with Gasteiger partial charge in [0.05, 0.1) is 9.81 Å². The number of nitrogens with two attached hydrogens (primary N) is 1. The standard InChI is InChI=1S/C10H15NOS2/c11-6-10(12,8-3-4-8)7-14-9-2-1-5-13-9/h1-2,5,8,12H,3-4,6-7,11H2. The van der Waals surface area contributed by atoms with Crippen LogP contribution in [-0.2, 0) is 0 Å². The van der Waals surface area contributed by atoms with Crippen LogP contribution in [0.3, 0.4) is 0 Å². The fourth-order valence-electron chi connectivity index (χ4n) is 1.51. The van der Waals surface area contributed by atoms with E-state index in [2.05, 4.69) is 11.4 Å². The molecular formula is C10H15NOS2. The first kappa shape index (κ1) is 10.5. The van der Waals surface area contributed by atoms with E-state index >= 15 is 0 Å². The van der Waals surface area contributed by atoms with Gasteiger partial charge in [-0.15, -0.1) is 23.1 Å². The summed E-state index contributed by atoms with van der Waals surface area (Å²) in [7, 11) is 0. The number of hydrogen-bond donors (Lipinski definition) is 2. The Bertz CT molecular complexity index is 284. The van der Waals surface area contributed by atoms with E-state index in [9.17, 15) is 5.11 Å². The van der Waals surface area contributed by atoms with Crippen LogP contribution in [0.5, 0.6) is 0 Å². The van der Waals surface area contributed by atoms with Gasteiger partial charge in [0.2, 0.25) is 0 Å². The second kappa shape index (κ2) is 4.23. The van der Waals surface area contributed by atoms with E-state index in [1.54, 1.807) is 23.1 Å². The molecule has 1 unspecified atom stereocenters. The third kappa shape index (κ3) is 2.31. The Labute approximate surface area is 92.5 Å². The minimum absolute atomic E-state index is 0.385. The molecule has 78 valence electrons. The number of hydrogen-bond acceptors (Lipinski definition) is 4. The molecule has 3 N–H and O–H groups in total. The first-order valence-electron chi connectivity index (χ1n) is 4.83. The molecule has 0 saturated heterocycles. The predicted molar refractivity (Wildman–Crippen MR) is 61.8 cm³/mol. The maximum Gasteiger partial charge on any atom is 0.0890 e. The minimum atomic E-state index is -0.630. The summed E-state index contributed by atoms with van der Waals surface area (Å²) < 4.78 is 1.26. The van der Waals surface area contributed by atoms with Crippen LogP contribution in [-0.4, -0.2) is 23.0 Å². The molecule has 1 heterocycles. The summed E-state index contributed by atoms with van der Waals surface area (Å²) in [6.07, 6.45) is 2.28. The summed E-state index contributed by atoms with van der Waals surface area (Å²) >= 11 is 3.43. The summed E-state index contributed by atoms with van der Waals surface area (Å²) in [6, 6.07) is 4.12. The highest BCUT2D eigenvalue weighted by atomic mass is 32.2. The van der Waals surface area contributed by atoms with E-state index in [0.717, 1.165) is 18.6 Å². The molecule has 0 aliphatic heterocycles. The summed E-state index contributed by atoms with van der Waals surface area (Å²) in [5.41, 5.74) is 5.00. The zero-order valence-electron chi connectivity index (χ0n) is 7.98. The lowest BCUT2D eigenvalue weighted by molar-refractivity contribution is 0.0510. The first-order chi connectivity index (χ1) is 6.74. The van der Waals surface area contributed by atoms with Gasteiger partial charge in [-0.2, -0.15) is 0 Å². The van der Waals surface area contributed by atoms with Crippen LogP contribution in [0, 0.1) is 5.92 Å². The molecule has 0 radical (unpaired) electrons. The van der Waals surface area contributed by atoms with Gasteiger partial charge in [0.1, 0.15) is 0 Å². The van der Waals surface area contributed by atoms with E-state index in [1.165, 1.54) is 4.21 Å². The van der Waals surface area contributed by atoms with Crippen LogP contribution in [0.25, 0.3) is 0 Å². The Kier molecular flexibility index (Phi) is 3.17. The molecule has 0 aromatic carbocycles. The Morgan fingerprint density at radius 3 is 2.93 bits per heavy atom. The van der Waals surface area contributed by atoms with Crippen molar-refractivity contribution in [1.29, 1.82) is 0 Å². The van der Waals surface area contributed by atoms with Crippen LogP contribution >= 0.6 is 23.1 Å². The maximum atomic E-state index is 10.2. The lowest BCUT2D eigenvalue weighted by Crippen LogP contribution is -2.42. The fraction of sp³-hybridized carbons (Fsp3) is 0.600. The second-order valence-corrected chi connectivity index (χ2v) is 6.03. The molecule has 0 bridgehead atoms. The van der Waals surface area contributed by atoms with Crippen molar-refractivity contribution in [2.24, 2.45) is 11.7 Å². The van der Waals surface area contributed by atoms with E-state index in [-0.39, 0.29) is 0 Å². The smallest absolute Gasteiger partial charge is 0.0890 e. The molecule has 14 heavy (non-hydrogen) atoms. The molecule has 1 aromatic rings. The Hall–Kier alpha value is -0.0300. The van der Waals surface area contributed by atoms with Crippen molar-refractivity contribution < 1.29 is 5.11 Å². The van der Waals surface area contributed by atoms with Crippen LogP contribution < -0.4 is 5.73 Å². The predicted octanol–water partition coefficient (Wildman–Crippen LogP) is 1.94. The molecule has 4 heteroatoms. The van der Waals surface area contributed by atoms with Crippen molar-refractivity contribution in [3.05, 3.63) is 17.5 Å². The zero-order chi connectivity index (χ0) is 10.0. The molecule has 2 nitrogen and oxygen atoms in total. The van der Waals surface area contributed by atoms with Crippen molar-refractivity contribution >= 4 is 23.1 Å². The van der Waals surface area contributed by atoms with Gasteiger partial charge in [-0.05, 0) is 30.2 Å². The monoisotopic (exact) mass is 229 g/mol. The molecule has 1 fully saturated rings. The highest BCUT2D eigenvalue weighted by Crippen LogP contribution is 2.42. The lowest BCUT2D eigenvalue weighted by atomic mass is 10.0. The topological polar surface area (TPSA) is 46.2 Å². The van der Waals surface area contributed by atoms with Crippen LogP contribution in [0.2, 0.25) is 0 Å². The molecule has 1 atom stereocenters. The fourth-order valence-corrected chi connectivity index (χ4v) is 3.49. The molecular weight excluding hydrogens is 214 g/mol. The molecule has 2 rings (SSSR count). The van der Waals surface area contributed by atoms with Crippen molar-refractivity contribution in [3.63, 3.8) is 0 Å². The van der Waals surface area contributed by atoms with Crippen molar-refractivity contribution in [2.45, 2.75) is 22.7 Å². The third-order valence-corrected chi connectivity index (χ3v) is 5.02. The number of thiophene rings is 1. The summed E-state index contributed by atoms with van der Waals surface area (Å²) in [5.74, 6) is 1.18. The van der Waals surface area contributed by atoms with Gasteiger partial charge in [-0.25, -0.2) is 0 Å². The van der Waals surface area contributed by atoms with Gasteiger partial charge < -0.3 is 10.8 Å². The highest BCUT2D eigenvalue weighted by Gasteiger charge is 2.42. The average Bonchev–Trinajstić information content (AvgIpc) is 2.94. The van der Waals surface area contributed by atoms with Gasteiger partial charge in [0.25, 0.3) is 0 Å². The van der Waals surface area contributed by atoms with Crippen LogP contribution in [0.1, 0.15) is 12.8 Å². The Morgan fingerprint density at radius 2 is 2.43 bits per heavy atom. The summed E-state index contributed by atoms with van der Waals surface area (Å²) in [4.78, 5) is 0. The van der Waals surface area contributed by atoms with E-state index in [1.807, 2.05) is 6.07 Å². The van der Waals surface area contributed by atoms with Crippen LogP contribution in [0.15, 0.2) is 21.7 Å². The van der Waals surface area contributed by atoms with E-state index in [0.29, 0.717) is 12.5 Å². The van der Waals surface area contributed by atoms with Gasteiger partial charge in [0.15, 0.2) is 0 Å². The second-order valence-electron chi connectivity index (χ2n) is 3.80. The quantitative estimate of drug-likeness (QED) is 0.759. The van der Waals surface area contributed by atoms with Crippen molar-refractivity contribution in [3.8, 4) is 0 Å². The van der Waals surface area contributed by atoms with E-state index < -0.39 is 5.60 Å². The molecule has 1 aromatic heterocycles. The molecule has 0 amide bonds. The SMILES string of the molecule is NCC(O)(CSc1cccs1)C1CC1. The normalized spacial score (nSPS) is 20.7. The molecule has 1 aliphatic carbocycles. The number of thioether (sulfide) groups is 1. The zero-order valence-corrected chi connectivity index (χ0v) is 9.61. The summed E-state index contributed by atoms with van der Waals surface area (Å²) in [6.45, 7) is 0.385.